The fourth-order valence-electron chi connectivity index (χ4n) is 2.89. The second kappa shape index (κ2) is 10.3. The van der Waals surface area contributed by atoms with Gasteiger partial charge in [-0.05, 0) is 25.0 Å². The van der Waals surface area contributed by atoms with Gasteiger partial charge in [-0.1, -0.05) is 12.1 Å². The molecule has 1 heterocycles. The van der Waals surface area contributed by atoms with E-state index in [9.17, 15) is 0 Å². The highest BCUT2D eigenvalue weighted by molar-refractivity contribution is 5.50. The van der Waals surface area contributed by atoms with Crippen LogP contribution in [0.2, 0.25) is 0 Å². The van der Waals surface area contributed by atoms with Crippen molar-refractivity contribution in [1.29, 1.82) is 0 Å². The van der Waals surface area contributed by atoms with Crippen molar-refractivity contribution in [3.05, 3.63) is 35.9 Å². The SMILES string of the molecule is C=CCc1cc(CNCCN2CCOCC2)cc(OC)c1OCC. The molecule has 2 rings (SSSR count). The molecular weight excluding hydrogens is 304 g/mol. The molecule has 1 aromatic carbocycles. The monoisotopic (exact) mass is 334 g/mol. The zero-order valence-electron chi connectivity index (χ0n) is 15.0. The maximum absolute atomic E-state index is 5.76. The smallest absolute Gasteiger partial charge is 0.164 e. The third-order valence-electron chi connectivity index (χ3n) is 4.10. The summed E-state index contributed by atoms with van der Waals surface area (Å²) < 4.78 is 16.6. The van der Waals surface area contributed by atoms with Crippen LogP contribution in [0.3, 0.4) is 0 Å². The molecule has 0 radical (unpaired) electrons. The van der Waals surface area contributed by atoms with Crippen molar-refractivity contribution < 1.29 is 14.2 Å². The molecule has 0 saturated carbocycles. The zero-order chi connectivity index (χ0) is 17.2. The van der Waals surface area contributed by atoms with Crippen molar-refractivity contribution in [2.24, 2.45) is 0 Å². The molecule has 5 nitrogen and oxygen atoms in total. The van der Waals surface area contributed by atoms with Gasteiger partial charge in [-0.2, -0.15) is 0 Å². The largest absolute Gasteiger partial charge is 0.493 e. The van der Waals surface area contributed by atoms with Gasteiger partial charge in [0.15, 0.2) is 11.5 Å². The number of rotatable bonds is 10. The van der Waals surface area contributed by atoms with Gasteiger partial charge >= 0.3 is 0 Å². The van der Waals surface area contributed by atoms with Crippen LogP contribution in [-0.2, 0) is 17.7 Å². The van der Waals surface area contributed by atoms with E-state index in [1.165, 1.54) is 5.56 Å². The number of ether oxygens (including phenoxy) is 3. The predicted molar refractivity (Wildman–Crippen MR) is 97.0 cm³/mol. The minimum absolute atomic E-state index is 0.623. The zero-order valence-corrected chi connectivity index (χ0v) is 15.0. The Kier molecular flexibility index (Phi) is 8.08. The van der Waals surface area contributed by atoms with Gasteiger partial charge in [-0.15, -0.1) is 6.58 Å². The van der Waals surface area contributed by atoms with E-state index in [1.54, 1.807) is 7.11 Å². The summed E-state index contributed by atoms with van der Waals surface area (Å²) in [5, 5.41) is 3.52. The van der Waals surface area contributed by atoms with Crippen LogP contribution < -0.4 is 14.8 Å². The molecule has 134 valence electrons. The molecule has 1 aromatic rings. The van der Waals surface area contributed by atoms with Crippen LogP contribution in [0.25, 0.3) is 0 Å². The second-order valence-corrected chi connectivity index (χ2v) is 5.84. The van der Waals surface area contributed by atoms with Gasteiger partial charge in [-0.3, -0.25) is 4.90 Å². The fourth-order valence-corrected chi connectivity index (χ4v) is 2.89. The third kappa shape index (κ3) is 5.51. The van der Waals surface area contributed by atoms with Crippen molar-refractivity contribution in [2.75, 3.05) is 53.1 Å². The number of hydrogen-bond donors (Lipinski definition) is 1. The van der Waals surface area contributed by atoms with E-state index in [-0.39, 0.29) is 0 Å². The Morgan fingerprint density at radius 1 is 1.33 bits per heavy atom. The summed E-state index contributed by atoms with van der Waals surface area (Å²) in [4.78, 5) is 2.43. The Bertz CT molecular complexity index is 514. The lowest BCUT2D eigenvalue weighted by molar-refractivity contribution is 0.0384. The molecule has 1 N–H and O–H groups in total. The maximum atomic E-state index is 5.76. The predicted octanol–water partition coefficient (Wildman–Crippen LogP) is 2.24. The average Bonchev–Trinajstić information content (AvgIpc) is 2.61. The lowest BCUT2D eigenvalue weighted by Gasteiger charge is -2.26. The summed E-state index contributed by atoms with van der Waals surface area (Å²) in [6.45, 7) is 13.0. The number of methoxy groups -OCH3 is 1. The van der Waals surface area contributed by atoms with E-state index in [4.69, 9.17) is 14.2 Å². The first-order chi connectivity index (χ1) is 11.8. The van der Waals surface area contributed by atoms with Crippen LogP contribution >= 0.6 is 0 Å². The Labute approximate surface area is 145 Å². The second-order valence-electron chi connectivity index (χ2n) is 5.84. The van der Waals surface area contributed by atoms with E-state index in [2.05, 4.69) is 28.9 Å². The Morgan fingerprint density at radius 2 is 2.12 bits per heavy atom. The lowest BCUT2D eigenvalue weighted by atomic mass is 10.1. The molecular formula is C19H30N2O3. The molecule has 1 fully saturated rings. The van der Waals surface area contributed by atoms with E-state index < -0.39 is 0 Å². The van der Waals surface area contributed by atoms with Crippen LogP contribution in [0, 0.1) is 0 Å². The molecule has 0 unspecified atom stereocenters. The summed E-state index contributed by atoms with van der Waals surface area (Å²) in [5.74, 6) is 1.62. The molecule has 0 spiro atoms. The summed E-state index contributed by atoms with van der Waals surface area (Å²) in [5.41, 5.74) is 2.32. The summed E-state index contributed by atoms with van der Waals surface area (Å²) in [6.07, 6.45) is 2.67. The number of benzene rings is 1. The van der Waals surface area contributed by atoms with Crippen LogP contribution in [0.5, 0.6) is 11.5 Å². The molecule has 1 aliphatic rings. The van der Waals surface area contributed by atoms with Gasteiger partial charge in [0.25, 0.3) is 0 Å². The van der Waals surface area contributed by atoms with Crippen molar-refractivity contribution >= 4 is 0 Å². The number of nitrogens with one attached hydrogen (secondary N) is 1. The minimum Gasteiger partial charge on any atom is -0.493 e. The summed E-state index contributed by atoms with van der Waals surface area (Å²) in [6, 6.07) is 4.23. The standard InChI is InChI=1S/C19H30N2O3/c1-4-6-17-13-16(14-18(22-3)19(17)24-5-2)15-20-7-8-21-9-11-23-12-10-21/h4,13-14,20H,1,5-12,15H2,2-3H3. The fraction of sp³-hybridized carbons (Fsp3) is 0.579. The normalized spacial score (nSPS) is 15.2. The van der Waals surface area contributed by atoms with E-state index in [0.29, 0.717) is 6.61 Å². The molecule has 0 bridgehead atoms. The molecule has 0 aromatic heterocycles. The van der Waals surface area contributed by atoms with Crippen LogP contribution in [0.4, 0.5) is 0 Å². The first-order valence-corrected chi connectivity index (χ1v) is 8.72. The first kappa shape index (κ1) is 18.8. The summed E-state index contributed by atoms with van der Waals surface area (Å²) >= 11 is 0. The molecule has 5 heteroatoms. The van der Waals surface area contributed by atoms with Gasteiger partial charge in [0.1, 0.15) is 0 Å². The Morgan fingerprint density at radius 3 is 2.79 bits per heavy atom. The molecule has 1 aliphatic heterocycles. The van der Waals surface area contributed by atoms with Crippen molar-refractivity contribution in [2.45, 2.75) is 19.9 Å². The van der Waals surface area contributed by atoms with E-state index in [1.807, 2.05) is 13.0 Å². The first-order valence-electron chi connectivity index (χ1n) is 8.72. The number of nitrogens with zero attached hydrogens (tertiary/aromatic N) is 1. The highest BCUT2D eigenvalue weighted by Crippen LogP contribution is 2.33. The number of hydrogen-bond acceptors (Lipinski definition) is 5. The maximum Gasteiger partial charge on any atom is 0.164 e. The van der Waals surface area contributed by atoms with Gasteiger partial charge in [0, 0.05) is 38.3 Å². The van der Waals surface area contributed by atoms with E-state index >= 15 is 0 Å². The molecule has 0 amide bonds. The van der Waals surface area contributed by atoms with Gasteiger partial charge in [0.05, 0.1) is 26.9 Å². The lowest BCUT2D eigenvalue weighted by Crippen LogP contribution is -2.40. The van der Waals surface area contributed by atoms with E-state index in [0.717, 1.165) is 69.4 Å². The van der Waals surface area contributed by atoms with Crippen LogP contribution in [-0.4, -0.2) is 58.0 Å². The van der Waals surface area contributed by atoms with Crippen molar-refractivity contribution in [3.63, 3.8) is 0 Å². The average molecular weight is 334 g/mol. The highest BCUT2D eigenvalue weighted by atomic mass is 16.5. The summed E-state index contributed by atoms with van der Waals surface area (Å²) in [7, 11) is 1.69. The number of morpholine rings is 1. The Hall–Kier alpha value is -1.56. The highest BCUT2D eigenvalue weighted by Gasteiger charge is 2.13. The van der Waals surface area contributed by atoms with Gasteiger partial charge in [0.2, 0.25) is 0 Å². The number of allylic oxidation sites excluding steroid dienone is 1. The third-order valence-corrected chi connectivity index (χ3v) is 4.10. The molecule has 1 saturated heterocycles. The van der Waals surface area contributed by atoms with Crippen molar-refractivity contribution in [1.82, 2.24) is 10.2 Å². The van der Waals surface area contributed by atoms with Crippen LogP contribution in [0.1, 0.15) is 18.1 Å². The molecule has 0 atom stereocenters. The quantitative estimate of drug-likeness (QED) is 0.525. The van der Waals surface area contributed by atoms with Crippen molar-refractivity contribution in [3.8, 4) is 11.5 Å². The molecule has 0 aliphatic carbocycles. The topological polar surface area (TPSA) is 43.0 Å². The minimum atomic E-state index is 0.623. The van der Waals surface area contributed by atoms with Crippen LogP contribution in [0.15, 0.2) is 24.8 Å². The van der Waals surface area contributed by atoms with Gasteiger partial charge in [-0.25, -0.2) is 0 Å². The van der Waals surface area contributed by atoms with Gasteiger partial charge < -0.3 is 19.5 Å². The molecule has 24 heavy (non-hydrogen) atoms. The Balaban J connectivity index is 1.93.